The predicted octanol–water partition coefficient (Wildman–Crippen LogP) is 5.91. The number of aromatic nitrogens is 2. The van der Waals surface area contributed by atoms with E-state index in [-0.39, 0.29) is 24.4 Å². The molecule has 41 heavy (non-hydrogen) atoms. The molecule has 0 bridgehead atoms. The van der Waals surface area contributed by atoms with Crippen molar-refractivity contribution in [1.29, 1.82) is 0 Å². The van der Waals surface area contributed by atoms with Crippen LogP contribution in [-0.4, -0.2) is 46.5 Å². The highest BCUT2D eigenvalue weighted by Gasteiger charge is 2.28. The molecular formula is C33H38N4O4. The van der Waals surface area contributed by atoms with Gasteiger partial charge in [-0.3, -0.25) is 9.59 Å². The summed E-state index contributed by atoms with van der Waals surface area (Å²) in [5.41, 5.74) is 3.22. The van der Waals surface area contributed by atoms with Crippen molar-refractivity contribution in [1.82, 2.24) is 19.8 Å². The Bertz CT molecular complexity index is 1490. The molecule has 0 spiro atoms. The van der Waals surface area contributed by atoms with Crippen LogP contribution in [0.1, 0.15) is 66.8 Å². The van der Waals surface area contributed by atoms with Gasteiger partial charge in [0, 0.05) is 18.2 Å². The van der Waals surface area contributed by atoms with Crippen molar-refractivity contribution in [2.75, 3.05) is 14.2 Å². The number of nitrogens with one attached hydrogen (secondary N) is 1. The Morgan fingerprint density at radius 3 is 2.39 bits per heavy atom. The van der Waals surface area contributed by atoms with Gasteiger partial charge in [0.1, 0.15) is 12.4 Å². The number of para-hydroxylation sites is 2. The zero-order chi connectivity index (χ0) is 28.8. The molecule has 4 aromatic rings. The van der Waals surface area contributed by atoms with Gasteiger partial charge in [-0.25, -0.2) is 4.98 Å². The standard InChI is InChI=1S/C33H38N4O4/c1-23(34-33(39)25-18-19-29(40-2)30(20-25)41-3)32-35-27-16-10-11-17-28(27)37(32)22-31(38)36(26-14-8-5-9-15-26)21-24-12-6-4-7-13-24/h4,6-7,10-13,16-20,23,26H,5,8-9,14-15,21-22H2,1-3H3,(H,34,39). The highest BCUT2D eigenvalue weighted by molar-refractivity contribution is 5.95. The van der Waals surface area contributed by atoms with Gasteiger partial charge in [0.15, 0.2) is 11.5 Å². The Hall–Kier alpha value is -4.33. The van der Waals surface area contributed by atoms with Gasteiger partial charge in [0.2, 0.25) is 5.91 Å². The maximum Gasteiger partial charge on any atom is 0.251 e. The Labute approximate surface area is 241 Å². The summed E-state index contributed by atoms with van der Waals surface area (Å²) in [6.45, 7) is 2.62. The van der Waals surface area contributed by atoms with Crippen LogP contribution in [0.4, 0.5) is 0 Å². The van der Waals surface area contributed by atoms with Crippen LogP contribution in [0.5, 0.6) is 11.5 Å². The summed E-state index contributed by atoms with van der Waals surface area (Å²) in [5, 5.41) is 3.06. The first-order chi connectivity index (χ1) is 20.0. The number of carbonyl (C=O) groups is 2. The number of nitrogens with zero attached hydrogens (tertiary/aromatic N) is 3. The second-order valence-electron chi connectivity index (χ2n) is 10.6. The van der Waals surface area contributed by atoms with Crippen LogP contribution < -0.4 is 14.8 Å². The molecule has 3 aromatic carbocycles. The van der Waals surface area contributed by atoms with E-state index in [0.29, 0.717) is 29.4 Å². The van der Waals surface area contributed by atoms with Crippen molar-refractivity contribution < 1.29 is 19.1 Å². The van der Waals surface area contributed by atoms with Gasteiger partial charge in [-0.15, -0.1) is 0 Å². The minimum Gasteiger partial charge on any atom is -0.493 e. The monoisotopic (exact) mass is 554 g/mol. The van der Waals surface area contributed by atoms with Crippen molar-refractivity contribution in [2.24, 2.45) is 0 Å². The number of methoxy groups -OCH3 is 2. The third-order valence-electron chi connectivity index (χ3n) is 7.89. The Balaban J connectivity index is 1.42. The summed E-state index contributed by atoms with van der Waals surface area (Å²) in [7, 11) is 3.09. The molecule has 1 fully saturated rings. The third-order valence-corrected chi connectivity index (χ3v) is 7.89. The number of carbonyl (C=O) groups excluding carboxylic acids is 2. The summed E-state index contributed by atoms with van der Waals surface area (Å²) in [5.74, 6) is 1.46. The normalized spacial score (nSPS) is 14.4. The van der Waals surface area contributed by atoms with E-state index in [9.17, 15) is 9.59 Å². The lowest BCUT2D eigenvalue weighted by Crippen LogP contribution is -2.43. The SMILES string of the molecule is COc1ccc(C(=O)NC(C)c2nc3ccccc3n2CC(=O)N(Cc2ccccc2)C2CCCCC2)cc1OC. The number of hydrogen-bond acceptors (Lipinski definition) is 5. The number of rotatable bonds is 10. The molecule has 1 unspecified atom stereocenters. The number of hydrogen-bond donors (Lipinski definition) is 1. The summed E-state index contributed by atoms with van der Waals surface area (Å²) >= 11 is 0. The van der Waals surface area contributed by atoms with Gasteiger partial charge in [-0.05, 0) is 55.7 Å². The van der Waals surface area contributed by atoms with Crippen molar-refractivity contribution in [3.63, 3.8) is 0 Å². The predicted molar refractivity (Wildman–Crippen MR) is 159 cm³/mol. The second-order valence-corrected chi connectivity index (χ2v) is 10.6. The van der Waals surface area contributed by atoms with Gasteiger partial charge in [0.05, 0.1) is 31.3 Å². The number of amides is 2. The van der Waals surface area contributed by atoms with E-state index in [1.54, 1.807) is 25.3 Å². The van der Waals surface area contributed by atoms with Gasteiger partial charge >= 0.3 is 0 Å². The zero-order valence-corrected chi connectivity index (χ0v) is 24.0. The molecule has 214 valence electrons. The van der Waals surface area contributed by atoms with Crippen LogP contribution in [0, 0.1) is 0 Å². The van der Waals surface area contributed by atoms with Crippen LogP contribution in [0.25, 0.3) is 11.0 Å². The highest BCUT2D eigenvalue weighted by atomic mass is 16.5. The smallest absolute Gasteiger partial charge is 0.251 e. The number of fused-ring (bicyclic) bond motifs is 1. The van der Waals surface area contributed by atoms with E-state index in [1.165, 1.54) is 13.5 Å². The fourth-order valence-corrected chi connectivity index (χ4v) is 5.73. The largest absolute Gasteiger partial charge is 0.493 e. The number of ether oxygens (including phenoxy) is 2. The maximum atomic E-state index is 14.1. The van der Waals surface area contributed by atoms with E-state index in [4.69, 9.17) is 14.5 Å². The molecule has 0 saturated heterocycles. The summed E-state index contributed by atoms with van der Waals surface area (Å²) < 4.78 is 12.6. The average Bonchev–Trinajstić information content (AvgIpc) is 3.38. The zero-order valence-electron chi connectivity index (χ0n) is 24.0. The van der Waals surface area contributed by atoms with Crippen molar-refractivity contribution in [2.45, 2.75) is 64.2 Å². The fraction of sp³-hybridized carbons (Fsp3) is 0.364. The molecule has 1 atom stereocenters. The summed E-state index contributed by atoms with van der Waals surface area (Å²) in [6, 6.07) is 22.8. The van der Waals surface area contributed by atoms with Crippen LogP contribution in [0.2, 0.25) is 0 Å². The Morgan fingerprint density at radius 1 is 0.951 bits per heavy atom. The molecule has 1 saturated carbocycles. The van der Waals surface area contributed by atoms with Crippen LogP contribution >= 0.6 is 0 Å². The lowest BCUT2D eigenvalue weighted by molar-refractivity contribution is -0.135. The molecule has 2 amide bonds. The molecule has 8 heteroatoms. The van der Waals surface area contributed by atoms with E-state index in [0.717, 1.165) is 42.3 Å². The van der Waals surface area contributed by atoms with Gasteiger partial charge in [-0.2, -0.15) is 0 Å². The minimum atomic E-state index is -0.451. The molecule has 1 aliphatic rings. The lowest BCUT2D eigenvalue weighted by Gasteiger charge is -2.35. The molecule has 0 radical (unpaired) electrons. The Morgan fingerprint density at radius 2 is 1.66 bits per heavy atom. The average molecular weight is 555 g/mol. The first-order valence-electron chi connectivity index (χ1n) is 14.3. The van der Waals surface area contributed by atoms with Crippen molar-refractivity contribution in [3.8, 4) is 11.5 Å². The topological polar surface area (TPSA) is 85.7 Å². The second kappa shape index (κ2) is 12.9. The molecule has 1 heterocycles. The van der Waals surface area contributed by atoms with Gasteiger partial charge in [-0.1, -0.05) is 61.7 Å². The van der Waals surface area contributed by atoms with E-state index in [2.05, 4.69) is 22.3 Å². The number of imidazole rings is 1. The molecular weight excluding hydrogens is 516 g/mol. The van der Waals surface area contributed by atoms with E-state index in [1.807, 2.05) is 54.0 Å². The quantitative estimate of drug-likeness (QED) is 0.264. The van der Waals surface area contributed by atoms with Crippen LogP contribution in [0.15, 0.2) is 72.8 Å². The van der Waals surface area contributed by atoms with Gasteiger partial charge in [0.25, 0.3) is 5.91 Å². The van der Waals surface area contributed by atoms with Gasteiger partial charge < -0.3 is 24.3 Å². The fourth-order valence-electron chi connectivity index (χ4n) is 5.73. The third kappa shape index (κ3) is 6.37. The van der Waals surface area contributed by atoms with E-state index >= 15 is 0 Å². The molecule has 1 aromatic heterocycles. The van der Waals surface area contributed by atoms with E-state index < -0.39 is 6.04 Å². The van der Waals surface area contributed by atoms with Crippen molar-refractivity contribution >= 4 is 22.8 Å². The summed E-state index contributed by atoms with van der Waals surface area (Å²) in [6.07, 6.45) is 5.54. The van der Waals surface area contributed by atoms with Crippen LogP contribution in [0.3, 0.4) is 0 Å². The molecule has 5 rings (SSSR count). The molecule has 8 nitrogen and oxygen atoms in total. The van der Waals surface area contributed by atoms with Crippen LogP contribution in [-0.2, 0) is 17.9 Å². The first kappa shape index (κ1) is 28.2. The molecule has 1 N–H and O–H groups in total. The lowest BCUT2D eigenvalue weighted by atomic mass is 9.93. The summed E-state index contributed by atoms with van der Waals surface area (Å²) in [4.78, 5) is 34.2. The number of benzene rings is 3. The Kier molecular flexibility index (Phi) is 8.87. The maximum absolute atomic E-state index is 14.1. The minimum absolute atomic E-state index is 0.0589. The van der Waals surface area contributed by atoms with Crippen molar-refractivity contribution in [3.05, 3.63) is 89.7 Å². The molecule has 0 aliphatic heterocycles. The highest BCUT2D eigenvalue weighted by Crippen LogP contribution is 2.29. The first-order valence-corrected chi connectivity index (χ1v) is 14.3. The molecule has 1 aliphatic carbocycles.